The SMILES string of the molecule is COCCN1C(=O)C(=O)C(=C(O)c2ccc(OC)c(C)c2)[C@H]1c1ccc(C)cc1. The number of aliphatic hydroxyl groups excluding tert-OH is 1. The highest BCUT2D eigenvalue weighted by Gasteiger charge is 2.45. The maximum atomic E-state index is 12.9. The highest BCUT2D eigenvalue weighted by atomic mass is 16.5. The molecular formula is C23H25NO5. The molecule has 0 aromatic heterocycles. The molecule has 1 aliphatic heterocycles. The second kappa shape index (κ2) is 8.49. The van der Waals surface area contributed by atoms with Crippen molar-refractivity contribution in [2.24, 2.45) is 0 Å². The summed E-state index contributed by atoms with van der Waals surface area (Å²) in [6, 6.07) is 12.1. The molecule has 1 fully saturated rings. The lowest BCUT2D eigenvalue weighted by Gasteiger charge is -2.25. The zero-order valence-corrected chi connectivity index (χ0v) is 17.1. The summed E-state index contributed by atoms with van der Waals surface area (Å²) >= 11 is 0. The summed E-state index contributed by atoms with van der Waals surface area (Å²) < 4.78 is 10.4. The summed E-state index contributed by atoms with van der Waals surface area (Å²) in [5.74, 6) is -0.853. The van der Waals surface area contributed by atoms with Crippen molar-refractivity contribution in [2.75, 3.05) is 27.4 Å². The molecule has 0 saturated carbocycles. The smallest absolute Gasteiger partial charge is 0.295 e. The van der Waals surface area contributed by atoms with Crippen molar-refractivity contribution in [2.45, 2.75) is 19.9 Å². The zero-order chi connectivity index (χ0) is 21.1. The Kier molecular flexibility index (Phi) is 6.03. The minimum atomic E-state index is -0.697. The van der Waals surface area contributed by atoms with Gasteiger partial charge >= 0.3 is 0 Å². The lowest BCUT2D eigenvalue weighted by molar-refractivity contribution is -0.140. The second-order valence-electron chi connectivity index (χ2n) is 7.08. The van der Waals surface area contributed by atoms with Gasteiger partial charge in [0, 0.05) is 19.2 Å². The number of carbonyl (C=O) groups excluding carboxylic acids is 2. The molecule has 1 amide bonds. The van der Waals surface area contributed by atoms with Crippen LogP contribution in [0, 0.1) is 13.8 Å². The number of aliphatic hydroxyl groups is 1. The average Bonchev–Trinajstić information content (AvgIpc) is 2.96. The molecule has 6 nitrogen and oxygen atoms in total. The number of hydrogen-bond acceptors (Lipinski definition) is 5. The van der Waals surface area contributed by atoms with Crippen LogP contribution in [0.3, 0.4) is 0 Å². The van der Waals surface area contributed by atoms with E-state index < -0.39 is 17.7 Å². The molecule has 0 radical (unpaired) electrons. The van der Waals surface area contributed by atoms with Gasteiger partial charge in [0.1, 0.15) is 11.5 Å². The molecule has 0 unspecified atom stereocenters. The molecule has 0 aliphatic carbocycles. The Bertz CT molecular complexity index is 962. The third-order valence-corrected chi connectivity index (χ3v) is 5.14. The molecule has 6 heteroatoms. The van der Waals surface area contributed by atoms with Crippen LogP contribution in [0.2, 0.25) is 0 Å². The van der Waals surface area contributed by atoms with E-state index in [1.165, 1.54) is 12.0 Å². The quantitative estimate of drug-likeness (QED) is 0.461. The van der Waals surface area contributed by atoms with Crippen molar-refractivity contribution in [1.82, 2.24) is 4.90 Å². The van der Waals surface area contributed by atoms with Gasteiger partial charge in [-0.25, -0.2) is 0 Å². The monoisotopic (exact) mass is 395 g/mol. The standard InChI is InChI=1S/C23H25NO5/c1-14-5-7-16(8-6-14)20-19(22(26)23(27)24(20)11-12-28-3)21(25)17-9-10-18(29-4)15(2)13-17/h5-10,13,20,25H,11-12H2,1-4H3/t20-/m1/s1. The first-order chi connectivity index (χ1) is 13.9. The molecule has 0 spiro atoms. The molecule has 1 atom stereocenters. The Hall–Kier alpha value is -3.12. The zero-order valence-electron chi connectivity index (χ0n) is 17.1. The van der Waals surface area contributed by atoms with Crippen molar-refractivity contribution in [1.29, 1.82) is 0 Å². The number of benzene rings is 2. The third-order valence-electron chi connectivity index (χ3n) is 5.14. The van der Waals surface area contributed by atoms with E-state index in [0.717, 1.165) is 16.7 Å². The fourth-order valence-corrected chi connectivity index (χ4v) is 3.58. The number of hydrogen-bond donors (Lipinski definition) is 1. The molecule has 1 saturated heterocycles. The molecule has 1 aliphatic rings. The van der Waals surface area contributed by atoms with Crippen LogP contribution in [-0.2, 0) is 14.3 Å². The van der Waals surface area contributed by atoms with E-state index in [1.807, 2.05) is 38.1 Å². The fourth-order valence-electron chi connectivity index (χ4n) is 3.58. The summed E-state index contributed by atoms with van der Waals surface area (Å²) in [7, 11) is 3.11. The Morgan fingerprint density at radius 2 is 1.76 bits per heavy atom. The molecule has 1 heterocycles. The maximum absolute atomic E-state index is 12.9. The highest BCUT2D eigenvalue weighted by Crippen LogP contribution is 2.39. The number of amides is 1. The van der Waals surface area contributed by atoms with E-state index >= 15 is 0 Å². The summed E-state index contributed by atoms with van der Waals surface area (Å²) in [6.45, 7) is 4.35. The first-order valence-electron chi connectivity index (χ1n) is 9.38. The minimum absolute atomic E-state index is 0.0829. The number of nitrogens with zero attached hydrogens (tertiary/aromatic N) is 1. The number of methoxy groups -OCH3 is 2. The molecule has 1 N–H and O–H groups in total. The van der Waals surface area contributed by atoms with Crippen LogP contribution in [0.5, 0.6) is 5.75 Å². The summed E-state index contributed by atoms with van der Waals surface area (Å²) in [5.41, 5.74) is 3.19. The van der Waals surface area contributed by atoms with Gasteiger partial charge in [0.15, 0.2) is 0 Å². The van der Waals surface area contributed by atoms with Crippen LogP contribution >= 0.6 is 0 Å². The van der Waals surface area contributed by atoms with Crippen molar-refractivity contribution in [3.63, 3.8) is 0 Å². The van der Waals surface area contributed by atoms with Crippen molar-refractivity contribution in [3.05, 3.63) is 70.3 Å². The van der Waals surface area contributed by atoms with E-state index in [0.29, 0.717) is 11.3 Å². The first kappa shape index (κ1) is 20.6. The Balaban J connectivity index is 2.15. The normalized spacial score (nSPS) is 18.3. The molecule has 2 aromatic carbocycles. The third kappa shape index (κ3) is 3.89. The van der Waals surface area contributed by atoms with Crippen LogP contribution in [0.4, 0.5) is 0 Å². The van der Waals surface area contributed by atoms with Gasteiger partial charge in [-0.15, -0.1) is 0 Å². The van der Waals surface area contributed by atoms with Crippen molar-refractivity contribution < 1.29 is 24.2 Å². The van der Waals surface area contributed by atoms with E-state index in [-0.39, 0.29) is 24.5 Å². The fraction of sp³-hybridized carbons (Fsp3) is 0.304. The lowest BCUT2D eigenvalue weighted by atomic mass is 9.94. The molecule has 29 heavy (non-hydrogen) atoms. The average molecular weight is 395 g/mol. The number of ketones is 1. The van der Waals surface area contributed by atoms with Crippen molar-refractivity contribution in [3.8, 4) is 5.75 Å². The second-order valence-corrected chi connectivity index (χ2v) is 7.08. The van der Waals surface area contributed by atoms with Gasteiger partial charge in [-0.05, 0) is 43.2 Å². The van der Waals surface area contributed by atoms with Crippen molar-refractivity contribution >= 4 is 17.4 Å². The summed E-state index contributed by atoms with van der Waals surface area (Å²) in [4.78, 5) is 27.1. The highest BCUT2D eigenvalue weighted by molar-refractivity contribution is 6.46. The number of carbonyl (C=O) groups is 2. The van der Waals surface area contributed by atoms with E-state index in [9.17, 15) is 14.7 Å². The number of Topliss-reactive ketones (excluding diaryl/α,β-unsaturated/α-hetero) is 1. The van der Waals surface area contributed by atoms with Crippen LogP contribution in [-0.4, -0.2) is 49.1 Å². The topological polar surface area (TPSA) is 76.1 Å². The van der Waals surface area contributed by atoms with Crippen LogP contribution in [0.15, 0.2) is 48.0 Å². The maximum Gasteiger partial charge on any atom is 0.295 e. The van der Waals surface area contributed by atoms with Gasteiger partial charge in [-0.3, -0.25) is 9.59 Å². The number of aryl methyl sites for hydroxylation is 2. The molecule has 152 valence electrons. The Morgan fingerprint density at radius 1 is 1.07 bits per heavy atom. The van der Waals surface area contributed by atoms with Gasteiger partial charge in [0.05, 0.1) is 25.3 Å². The summed E-state index contributed by atoms with van der Waals surface area (Å²) in [5, 5.41) is 11.0. The summed E-state index contributed by atoms with van der Waals surface area (Å²) in [6.07, 6.45) is 0. The van der Waals surface area contributed by atoms with Crippen LogP contribution in [0.25, 0.3) is 5.76 Å². The van der Waals surface area contributed by atoms with Gasteiger partial charge in [-0.2, -0.15) is 0 Å². The van der Waals surface area contributed by atoms with Gasteiger partial charge < -0.3 is 19.5 Å². The molecule has 2 aromatic rings. The number of ether oxygens (including phenoxy) is 2. The Labute approximate surface area is 170 Å². The van der Waals surface area contributed by atoms with E-state index in [1.54, 1.807) is 25.3 Å². The van der Waals surface area contributed by atoms with E-state index in [2.05, 4.69) is 0 Å². The van der Waals surface area contributed by atoms with E-state index in [4.69, 9.17) is 9.47 Å². The van der Waals surface area contributed by atoms with Gasteiger partial charge in [-0.1, -0.05) is 29.8 Å². The first-order valence-corrected chi connectivity index (χ1v) is 9.38. The number of likely N-dealkylation sites (tertiary alicyclic amines) is 1. The minimum Gasteiger partial charge on any atom is -0.507 e. The Morgan fingerprint density at radius 3 is 2.34 bits per heavy atom. The molecular weight excluding hydrogens is 370 g/mol. The van der Waals surface area contributed by atoms with Gasteiger partial charge in [0.2, 0.25) is 0 Å². The lowest BCUT2D eigenvalue weighted by Crippen LogP contribution is -2.32. The van der Waals surface area contributed by atoms with Crippen LogP contribution in [0.1, 0.15) is 28.3 Å². The predicted molar refractivity (Wildman–Crippen MR) is 110 cm³/mol. The number of rotatable bonds is 6. The molecule has 0 bridgehead atoms. The van der Waals surface area contributed by atoms with Crippen LogP contribution < -0.4 is 4.74 Å². The molecule has 3 rings (SSSR count). The largest absolute Gasteiger partial charge is 0.507 e. The predicted octanol–water partition coefficient (Wildman–Crippen LogP) is 3.38. The van der Waals surface area contributed by atoms with Gasteiger partial charge in [0.25, 0.3) is 11.7 Å².